The van der Waals surface area contributed by atoms with E-state index in [2.05, 4.69) is 5.32 Å². The van der Waals surface area contributed by atoms with Crippen molar-refractivity contribution in [2.45, 2.75) is 20.4 Å². The van der Waals surface area contributed by atoms with Crippen molar-refractivity contribution in [3.05, 3.63) is 52.8 Å². The fourth-order valence-corrected chi connectivity index (χ4v) is 2.81. The molecule has 2 aromatic carbocycles. The predicted molar refractivity (Wildman–Crippen MR) is 105 cm³/mol. The lowest BCUT2D eigenvalue weighted by Gasteiger charge is -2.19. The topological polar surface area (TPSA) is 50.8 Å². The Kier molecular flexibility index (Phi) is 7.88. The third-order valence-electron chi connectivity index (χ3n) is 3.74. The number of nitrogens with zero attached hydrogens (tertiary/aromatic N) is 1. The van der Waals surface area contributed by atoms with Crippen LogP contribution in [0.1, 0.15) is 19.4 Å². The first-order chi connectivity index (χ1) is 12.9. The van der Waals surface area contributed by atoms with Crippen LogP contribution in [0.4, 0.5) is 10.1 Å². The van der Waals surface area contributed by atoms with Crippen LogP contribution in [0, 0.1) is 5.82 Å². The molecule has 0 bridgehead atoms. The quantitative estimate of drug-likeness (QED) is 0.687. The van der Waals surface area contributed by atoms with E-state index in [0.29, 0.717) is 41.0 Å². The normalized spacial score (nSPS) is 10.7. The molecule has 1 N–H and O–H groups in total. The highest BCUT2D eigenvalue weighted by Crippen LogP contribution is 2.29. The highest BCUT2D eigenvalue weighted by atomic mass is 35.5. The SMILES string of the molecule is CCOc1ccc(OCC)c(NC(=O)CN(C)Cc2c(F)cccc2Cl)c1. The molecule has 27 heavy (non-hydrogen) atoms. The summed E-state index contributed by atoms with van der Waals surface area (Å²) in [7, 11) is 1.72. The first-order valence-corrected chi connectivity index (χ1v) is 9.13. The summed E-state index contributed by atoms with van der Waals surface area (Å²) in [6.45, 7) is 5.03. The summed E-state index contributed by atoms with van der Waals surface area (Å²) < 4.78 is 24.9. The van der Waals surface area contributed by atoms with E-state index in [4.69, 9.17) is 21.1 Å². The number of hydrogen-bond donors (Lipinski definition) is 1. The molecule has 0 aliphatic carbocycles. The number of halogens is 2. The molecule has 0 aliphatic rings. The first-order valence-electron chi connectivity index (χ1n) is 8.75. The summed E-state index contributed by atoms with van der Waals surface area (Å²) in [5, 5.41) is 3.17. The van der Waals surface area contributed by atoms with Crippen LogP contribution in [0.5, 0.6) is 11.5 Å². The van der Waals surface area contributed by atoms with E-state index < -0.39 is 5.82 Å². The smallest absolute Gasteiger partial charge is 0.238 e. The van der Waals surface area contributed by atoms with Gasteiger partial charge < -0.3 is 14.8 Å². The fraction of sp³-hybridized carbons (Fsp3) is 0.350. The van der Waals surface area contributed by atoms with Gasteiger partial charge in [-0.15, -0.1) is 0 Å². The largest absolute Gasteiger partial charge is 0.494 e. The van der Waals surface area contributed by atoms with Crippen molar-refractivity contribution in [2.75, 3.05) is 32.1 Å². The average molecular weight is 395 g/mol. The van der Waals surface area contributed by atoms with Crippen LogP contribution in [0.3, 0.4) is 0 Å². The number of nitrogens with one attached hydrogen (secondary N) is 1. The molecule has 0 fully saturated rings. The summed E-state index contributed by atoms with van der Waals surface area (Å²) >= 11 is 6.04. The molecule has 2 rings (SSSR count). The zero-order valence-electron chi connectivity index (χ0n) is 15.7. The van der Waals surface area contributed by atoms with Crippen molar-refractivity contribution in [1.82, 2.24) is 4.90 Å². The van der Waals surface area contributed by atoms with Gasteiger partial charge in [0.05, 0.1) is 25.4 Å². The van der Waals surface area contributed by atoms with Gasteiger partial charge in [0.1, 0.15) is 17.3 Å². The molecular formula is C20H24ClFN2O3. The Balaban J connectivity index is 2.04. The highest BCUT2D eigenvalue weighted by molar-refractivity contribution is 6.31. The molecule has 0 saturated carbocycles. The Hall–Kier alpha value is -2.31. The van der Waals surface area contributed by atoms with Gasteiger partial charge in [0.2, 0.25) is 5.91 Å². The molecular weight excluding hydrogens is 371 g/mol. The van der Waals surface area contributed by atoms with E-state index in [1.165, 1.54) is 6.07 Å². The number of likely N-dealkylation sites (N-methyl/N-ethyl adjacent to an activating group) is 1. The number of amides is 1. The minimum absolute atomic E-state index is 0.0646. The molecule has 0 unspecified atom stereocenters. The van der Waals surface area contributed by atoms with Crippen molar-refractivity contribution in [3.63, 3.8) is 0 Å². The zero-order valence-corrected chi connectivity index (χ0v) is 16.5. The Labute approximate surface area is 164 Å². The minimum Gasteiger partial charge on any atom is -0.494 e. The van der Waals surface area contributed by atoms with Crippen LogP contribution in [0.15, 0.2) is 36.4 Å². The number of carbonyl (C=O) groups is 1. The van der Waals surface area contributed by atoms with Crippen LogP contribution in [0.2, 0.25) is 5.02 Å². The van der Waals surface area contributed by atoms with Crippen molar-refractivity contribution in [1.29, 1.82) is 0 Å². The second-order valence-electron chi connectivity index (χ2n) is 5.94. The van der Waals surface area contributed by atoms with Crippen molar-refractivity contribution < 1.29 is 18.7 Å². The summed E-state index contributed by atoms with van der Waals surface area (Å²) in [5.41, 5.74) is 0.896. The summed E-state index contributed by atoms with van der Waals surface area (Å²) in [6, 6.07) is 9.79. The summed E-state index contributed by atoms with van der Waals surface area (Å²) in [5.74, 6) is 0.564. The number of carbonyl (C=O) groups excluding carboxylic acids is 1. The number of benzene rings is 2. The van der Waals surface area contributed by atoms with Gasteiger partial charge in [0, 0.05) is 23.2 Å². The number of hydrogen-bond acceptors (Lipinski definition) is 4. The van der Waals surface area contributed by atoms with Gasteiger partial charge in [0.15, 0.2) is 0 Å². The van der Waals surface area contributed by atoms with Crippen molar-refractivity contribution >= 4 is 23.2 Å². The van der Waals surface area contributed by atoms with Crippen LogP contribution in [-0.2, 0) is 11.3 Å². The zero-order chi connectivity index (χ0) is 19.8. The molecule has 0 atom stereocenters. The molecule has 146 valence electrons. The molecule has 0 heterocycles. The predicted octanol–water partition coefficient (Wildman–Crippen LogP) is 4.35. The minimum atomic E-state index is -0.391. The van der Waals surface area contributed by atoms with Crippen LogP contribution >= 0.6 is 11.6 Å². The molecule has 0 spiro atoms. The van der Waals surface area contributed by atoms with Crippen LogP contribution in [0.25, 0.3) is 0 Å². The second-order valence-corrected chi connectivity index (χ2v) is 6.35. The highest BCUT2D eigenvalue weighted by Gasteiger charge is 2.14. The van der Waals surface area contributed by atoms with E-state index in [9.17, 15) is 9.18 Å². The van der Waals surface area contributed by atoms with Gasteiger partial charge in [-0.2, -0.15) is 0 Å². The number of anilines is 1. The van der Waals surface area contributed by atoms with Crippen molar-refractivity contribution in [3.8, 4) is 11.5 Å². The van der Waals surface area contributed by atoms with Gasteiger partial charge in [-0.3, -0.25) is 9.69 Å². The standard InChI is InChI=1S/C20H24ClFN2O3/c1-4-26-14-9-10-19(27-5-2)18(11-14)23-20(25)13-24(3)12-15-16(21)7-6-8-17(15)22/h6-11H,4-5,12-13H2,1-3H3,(H,23,25). The van der Waals surface area contributed by atoms with E-state index in [-0.39, 0.29) is 19.0 Å². The van der Waals surface area contributed by atoms with Gasteiger partial charge in [-0.25, -0.2) is 4.39 Å². The molecule has 0 radical (unpaired) electrons. The van der Waals surface area contributed by atoms with Crippen LogP contribution in [-0.4, -0.2) is 37.6 Å². The first kappa shape index (κ1) is 21.0. The molecule has 1 amide bonds. The summed E-state index contributed by atoms with van der Waals surface area (Å²) in [4.78, 5) is 14.1. The lowest BCUT2D eigenvalue weighted by Crippen LogP contribution is -2.30. The lowest BCUT2D eigenvalue weighted by atomic mass is 10.2. The third-order valence-corrected chi connectivity index (χ3v) is 4.09. The second kappa shape index (κ2) is 10.1. The monoisotopic (exact) mass is 394 g/mol. The Morgan fingerprint density at radius 3 is 2.59 bits per heavy atom. The molecule has 0 aromatic heterocycles. The van der Waals surface area contributed by atoms with E-state index >= 15 is 0 Å². The third kappa shape index (κ3) is 6.12. The summed E-state index contributed by atoms with van der Waals surface area (Å²) in [6.07, 6.45) is 0. The Morgan fingerprint density at radius 1 is 1.19 bits per heavy atom. The lowest BCUT2D eigenvalue weighted by molar-refractivity contribution is -0.117. The molecule has 2 aromatic rings. The average Bonchev–Trinajstić information content (AvgIpc) is 2.61. The maximum Gasteiger partial charge on any atom is 0.238 e. The fourth-order valence-electron chi connectivity index (χ4n) is 2.59. The van der Waals surface area contributed by atoms with E-state index in [1.807, 2.05) is 13.8 Å². The maximum absolute atomic E-state index is 13.9. The molecule has 7 heteroatoms. The van der Waals surface area contributed by atoms with Crippen molar-refractivity contribution in [2.24, 2.45) is 0 Å². The number of rotatable bonds is 9. The van der Waals surface area contributed by atoms with Gasteiger partial charge >= 0.3 is 0 Å². The van der Waals surface area contributed by atoms with Crippen LogP contribution < -0.4 is 14.8 Å². The van der Waals surface area contributed by atoms with Gasteiger partial charge in [-0.1, -0.05) is 17.7 Å². The van der Waals surface area contributed by atoms with E-state index in [1.54, 1.807) is 42.3 Å². The Morgan fingerprint density at radius 2 is 1.93 bits per heavy atom. The molecule has 0 aliphatic heterocycles. The molecule has 0 saturated heterocycles. The van der Waals surface area contributed by atoms with E-state index in [0.717, 1.165) is 0 Å². The molecule has 5 nitrogen and oxygen atoms in total. The Bertz CT molecular complexity index is 766. The van der Waals surface area contributed by atoms with Gasteiger partial charge in [0.25, 0.3) is 0 Å². The maximum atomic E-state index is 13.9. The van der Waals surface area contributed by atoms with Gasteiger partial charge in [-0.05, 0) is 45.2 Å². The number of ether oxygens (including phenoxy) is 2.